The molecule has 0 unspecified atom stereocenters. The summed E-state index contributed by atoms with van der Waals surface area (Å²) in [5, 5.41) is 12.7. The maximum Gasteiger partial charge on any atom is 0.416 e. The highest BCUT2D eigenvalue weighted by Gasteiger charge is 2.31. The van der Waals surface area contributed by atoms with Crippen molar-refractivity contribution in [2.75, 3.05) is 7.11 Å². The molecule has 0 bridgehead atoms. The number of carbonyl (C=O) groups is 2. The van der Waals surface area contributed by atoms with Gasteiger partial charge in [0.2, 0.25) is 0 Å². The largest absolute Gasteiger partial charge is 0.489 e. The van der Waals surface area contributed by atoms with Gasteiger partial charge in [0, 0.05) is 6.42 Å². The Morgan fingerprint density at radius 1 is 0.943 bits per heavy atom. The van der Waals surface area contributed by atoms with E-state index in [1.165, 1.54) is 0 Å². The number of hydrogen-bond acceptors (Lipinski definition) is 5. The highest BCUT2D eigenvalue weighted by atomic mass is 19.4. The van der Waals surface area contributed by atoms with Crippen LogP contribution < -0.4 is 10.1 Å². The van der Waals surface area contributed by atoms with Gasteiger partial charge in [-0.25, -0.2) is 4.79 Å². The number of halogens is 3. The van der Waals surface area contributed by atoms with Crippen LogP contribution in [-0.4, -0.2) is 30.1 Å². The van der Waals surface area contributed by atoms with Crippen molar-refractivity contribution in [3.63, 3.8) is 0 Å². The van der Waals surface area contributed by atoms with Gasteiger partial charge in [0.1, 0.15) is 18.4 Å². The smallest absolute Gasteiger partial charge is 0.416 e. The second kappa shape index (κ2) is 11.5. The number of nitrogens with one attached hydrogen (secondary N) is 1. The van der Waals surface area contributed by atoms with Crippen molar-refractivity contribution in [1.29, 1.82) is 0 Å². The van der Waals surface area contributed by atoms with E-state index in [0.29, 0.717) is 17.9 Å². The molecule has 2 N–H and O–H groups in total. The Morgan fingerprint density at radius 2 is 1.60 bits per heavy atom. The minimum absolute atomic E-state index is 0.0423. The number of rotatable bonds is 9. The molecule has 3 aromatic rings. The zero-order chi connectivity index (χ0) is 25.4. The molecule has 0 aliphatic heterocycles. The predicted octanol–water partition coefficient (Wildman–Crippen LogP) is 4.22. The number of methoxy groups -OCH3 is 1. The van der Waals surface area contributed by atoms with Gasteiger partial charge in [-0.3, -0.25) is 4.79 Å². The van der Waals surface area contributed by atoms with Gasteiger partial charge in [-0.05, 0) is 41.0 Å². The molecule has 2 atom stereocenters. The minimum atomic E-state index is -4.54. The highest BCUT2D eigenvalue weighted by Crippen LogP contribution is 2.30. The van der Waals surface area contributed by atoms with Crippen LogP contribution in [0.3, 0.4) is 0 Å². The Kier molecular flexibility index (Phi) is 8.48. The topological polar surface area (TPSA) is 84.9 Å². The number of benzene rings is 3. The number of aliphatic hydroxyl groups is 1. The lowest BCUT2D eigenvalue weighted by Gasteiger charge is -2.19. The summed E-state index contributed by atoms with van der Waals surface area (Å²) in [6.45, 7) is 0.348. The molecule has 1 amide bonds. The monoisotopic (exact) mass is 487 g/mol. The van der Waals surface area contributed by atoms with Crippen LogP contribution >= 0.6 is 0 Å². The number of aliphatic hydroxyl groups excluding tert-OH is 1. The standard InChI is InChI=1S/C26H24F3NO5/c1-34-25(33)22(30-24(32)23(31)19-10-12-20(13-11-19)26(27,28)29)15-18-8-5-9-21(14-18)35-16-17-6-3-2-4-7-17/h2-14,22-23,31H,15-16H2,1H3,(H,30,32)/t22-,23-/m1/s1. The first kappa shape index (κ1) is 25.8. The SMILES string of the molecule is COC(=O)[C@@H](Cc1cccc(OCc2ccccc2)c1)NC(=O)[C@H](O)c1ccc(C(F)(F)F)cc1. The summed E-state index contributed by atoms with van der Waals surface area (Å²) in [7, 11) is 1.16. The van der Waals surface area contributed by atoms with E-state index < -0.39 is 35.8 Å². The molecule has 0 aliphatic carbocycles. The molecular weight excluding hydrogens is 463 g/mol. The number of amides is 1. The van der Waals surface area contributed by atoms with E-state index in [0.717, 1.165) is 36.9 Å². The number of carbonyl (C=O) groups excluding carboxylic acids is 2. The molecule has 0 saturated heterocycles. The minimum Gasteiger partial charge on any atom is -0.489 e. The predicted molar refractivity (Wildman–Crippen MR) is 121 cm³/mol. The van der Waals surface area contributed by atoms with E-state index in [4.69, 9.17) is 9.47 Å². The Hall–Kier alpha value is -3.85. The van der Waals surface area contributed by atoms with E-state index >= 15 is 0 Å². The van der Waals surface area contributed by atoms with Crippen LogP contribution in [0.5, 0.6) is 5.75 Å². The van der Waals surface area contributed by atoms with Crippen molar-refractivity contribution in [1.82, 2.24) is 5.32 Å². The first-order chi connectivity index (χ1) is 16.7. The Labute approximate surface area is 200 Å². The molecule has 35 heavy (non-hydrogen) atoms. The first-order valence-electron chi connectivity index (χ1n) is 10.7. The fourth-order valence-corrected chi connectivity index (χ4v) is 3.33. The molecule has 0 heterocycles. The van der Waals surface area contributed by atoms with Crippen LogP contribution in [-0.2, 0) is 33.5 Å². The fourth-order valence-electron chi connectivity index (χ4n) is 3.33. The van der Waals surface area contributed by atoms with E-state index in [-0.39, 0.29) is 12.0 Å². The van der Waals surface area contributed by atoms with Gasteiger partial charge in [-0.2, -0.15) is 13.2 Å². The van der Waals surface area contributed by atoms with E-state index in [9.17, 15) is 27.9 Å². The summed E-state index contributed by atoms with van der Waals surface area (Å²) < 4.78 is 48.8. The molecule has 0 fully saturated rings. The molecular formula is C26H24F3NO5. The zero-order valence-electron chi connectivity index (χ0n) is 18.8. The normalized spacial score (nSPS) is 12.9. The van der Waals surface area contributed by atoms with Gasteiger partial charge in [0.15, 0.2) is 6.10 Å². The van der Waals surface area contributed by atoms with Crippen LogP contribution in [0.2, 0.25) is 0 Å². The highest BCUT2D eigenvalue weighted by molar-refractivity contribution is 5.87. The molecule has 0 saturated carbocycles. The third kappa shape index (κ3) is 7.31. The van der Waals surface area contributed by atoms with Crippen molar-refractivity contribution in [2.45, 2.75) is 31.3 Å². The molecule has 0 aliphatic rings. The average molecular weight is 487 g/mol. The van der Waals surface area contributed by atoms with Gasteiger partial charge >= 0.3 is 12.1 Å². The maximum absolute atomic E-state index is 12.7. The lowest BCUT2D eigenvalue weighted by Crippen LogP contribution is -2.45. The van der Waals surface area contributed by atoms with E-state index in [1.54, 1.807) is 24.3 Å². The van der Waals surface area contributed by atoms with Crippen LogP contribution in [0.4, 0.5) is 13.2 Å². The molecule has 9 heteroatoms. The summed E-state index contributed by atoms with van der Waals surface area (Å²) in [5.74, 6) is -1.13. The lowest BCUT2D eigenvalue weighted by atomic mass is 10.0. The molecule has 6 nitrogen and oxygen atoms in total. The summed E-state index contributed by atoms with van der Waals surface area (Å²) >= 11 is 0. The van der Waals surface area contributed by atoms with Gasteiger partial charge < -0.3 is 19.9 Å². The number of alkyl halides is 3. The van der Waals surface area contributed by atoms with Crippen molar-refractivity contribution < 1.29 is 37.3 Å². The number of esters is 1. The van der Waals surface area contributed by atoms with Crippen molar-refractivity contribution in [3.8, 4) is 5.75 Å². The Bertz CT molecular complexity index is 1130. The van der Waals surface area contributed by atoms with Gasteiger partial charge in [0.05, 0.1) is 12.7 Å². The first-order valence-corrected chi connectivity index (χ1v) is 10.7. The molecule has 3 aromatic carbocycles. The number of ether oxygens (including phenoxy) is 2. The maximum atomic E-state index is 12.7. The van der Waals surface area contributed by atoms with Gasteiger partial charge in [-0.15, -0.1) is 0 Å². The van der Waals surface area contributed by atoms with Crippen molar-refractivity contribution >= 4 is 11.9 Å². The Morgan fingerprint density at radius 3 is 2.23 bits per heavy atom. The quantitative estimate of drug-likeness (QED) is 0.442. The molecule has 3 rings (SSSR count). The second-order valence-corrected chi connectivity index (χ2v) is 7.73. The van der Waals surface area contributed by atoms with E-state index in [2.05, 4.69) is 5.32 Å². The third-order valence-corrected chi connectivity index (χ3v) is 5.19. The summed E-state index contributed by atoms with van der Waals surface area (Å²) in [5.41, 5.74) is 0.691. The molecule has 0 aromatic heterocycles. The van der Waals surface area contributed by atoms with Gasteiger partial charge in [-0.1, -0.05) is 54.6 Å². The van der Waals surface area contributed by atoms with E-state index in [1.807, 2.05) is 30.3 Å². The Balaban J connectivity index is 1.67. The van der Waals surface area contributed by atoms with Crippen LogP contribution in [0, 0.1) is 0 Å². The van der Waals surface area contributed by atoms with Crippen LogP contribution in [0.15, 0.2) is 78.9 Å². The summed E-state index contributed by atoms with van der Waals surface area (Å²) in [4.78, 5) is 24.8. The molecule has 0 spiro atoms. The summed E-state index contributed by atoms with van der Waals surface area (Å²) in [6, 6.07) is 18.9. The average Bonchev–Trinajstić information content (AvgIpc) is 2.86. The number of hydrogen-bond donors (Lipinski definition) is 2. The van der Waals surface area contributed by atoms with Crippen molar-refractivity contribution in [2.24, 2.45) is 0 Å². The zero-order valence-corrected chi connectivity index (χ0v) is 18.8. The third-order valence-electron chi connectivity index (χ3n) is 5.19. The molecule has 184 valence electrons. The van der Waals surface area contributed by atoms with Crippen LogP contribution in [0.1, 0.15) is 28.4 Å². The van der Waals surface area contributed by atoms with Gasteiger partial charge in [0.25, 0.3) is 5.91 Å². The summed E-state index contributed by atoms with van der Waals surface area (Å²) in [6.07, 6.45) is -6.27. The second-order valence-electron chi connectivity index (χ2n) is 7.73. The fraction of sp³-hybridized carbons (Fsp3) is 0.231. The molecule has 0 radical (unpaired) electrons. The van der Waals surface area contributed by atoms with Crippen LogP contribution in [0.25, 0.3) is 0 Å². The van der Waals surface area contributed by atoms with Crippen molar-refractivity contribution in [3.05, 3.63) is 101 Å². The lowest BCUT2D eigenvalue weighted by molar-refractivity contribution is -0.146.